The Morgan fingerprint density at radius 3 is 2.82 bits per heavy atom. The molecule has 1 amide bonds. The molecule has 0 aromatic carbocycles. The molecule has 1 aromatic rings. The van der Waals surface area contributed by atoms with Crippen LogP contribution in [0.15, 0.2) is 0 Å². The normalized spacial score (nSPS) is 19.6. The number of hydrogen-bond acceptors (Lipinski definition) is 4. The molecule has 1 saturated heterocycles. The van der Waals surface area contributed by atoms with Gasteiger partial charge in [0.2, 0.25) is 5.91 Å². The first-order valence-corrected chi connectivity index (χ1v) is 5.57. The molecule has 6 heteroatoms. The van der Waals surface area contributed by atoms with Crippen LogP contribution in [0.2, 0.25) is 0 Å². The summed E-state index contributed by atoms with van der Waals surface area (Å²) in [5.41, 5.74) is 6.60. The van der Waals surface area contributed by atoms with E-state index in [4.69, 9.17) is 5.73 Å². The van der Waals surface area contributed by atoms with Gasteiger partial charge in [-0.05, 0) is 13.3 Å². The summed E-state index contributed by atoms with van der Waals surface area (Å²) in [6.45, 7) is 3.09. The molecule has 6 nitrogen and oxygen atoms in total. The number of hydrogen-bond donors (Lipinski definition) is 1. The second kappa shape index (κ2) is 4.20. The van der Waals surface area contributed by atoms with Gasteiger partial charge in [-0.3, -0.25) is 14.3 Å². The summed E-state index contributed by atoms with van der Waals surface area (Å²) >= 11 is 0. The lowest BCUT2D eigenvalue weighted by Gasteiger charge is -2.18. The molecular formula is C11H16N4O2. The minimum Gasteiger partial charge on any atom is -0.369 e. The minimum atomic E-state index is -0.279. The zero-order chi connectivity index (χ0) is 12.6. The third kappa shape index (κ3) is 1.90. The van der Waals surface area contributed by atoms with Crippen molar-refractivity contribution in [2.24, 2.45) is 18.7 Å². The molecule has 1 unspecified atom stereocenters. The molecule has 2 heterocycles. The largest absolute Gasteiger partial charge is 0.369 e. The maximum absolute atomic E-state index is 11.1. The molecule has 1 aromatic heterocycles. The predicted octanol–water partition coefficient (Wildman–Crippen LogP) is -0.147. The summed E-state index contributed by atoms with van der Waals surface area (Å²) in [4.78, 5) is 24.2. The average Bonchev–Trinajstić information content (AvgIpc) is 2.82. The van der Waals surface area contributed by atoms with Crippen LogP contribution in [0, 0.1) is 12.8 Å². The zero-order valence-electron chi connectivity index (χ0n) is 10.0. The van der Waals surface area contributed by atoms with Crippen molar-refractivity contribution in [2.75, 3.05) is 18.0 Å². The van der Waals surface area contributed by atoms with Crippen LogP contribution in [-0.4, -0.2) is 35.1 Å². The van der Waals surface area contributed by atoms with E-state index < -0.39 is 0 Å². The van der Waals surface area contributed by atoms with Gasteiger partial charge in [0, 0.05) is 20.1 Å². The Hall–Kier alpha value is -1.85. The Kier molecular flexibility index (Phi) is 2.87. The Morgan fingerprint density at radius 1 is 1.59 bits per heavy atom. The summed E-state index contributed by atoms with van der Waals surface area (Å²) in [5, 5.41) is 4.22. The van der Waals surface area contributed by atoms with Crippen molar-refractivity contribution < 1.29 is 9.59 Å². The summed E-state index contributed by atoms with van der Waals surface area (Å²) in [6.07, 6.45) is 1.55. The van der Waals surface area contributed by atoms with E-state index in [0.717, 1.165) is 25.1 Å². The number of carbonyl (C=O) groups excluding carboxylic acids is 2. The topological polar surface area (TPSA) is 81.2 Å². The summed E-state index contributed by atoms with van der Waals surface area (Å²) < 4.78 is 1.68. The second-order valence-electron chi connectivity index (χ2n) is 4.40. The SMILES string of the molecule is Cc1nn(C)c(N2CCC(C(N)=O)C2)c1C=O. The first kappa shape index (κ1) is 11.6. The van der Waals surface area contributed by atoms with Gasteiger partial charge in [0.1, 0.15) is 5.82 Å². The van der Waals surface area contributed by atoms with E-state index in [0.29, 0.717) is 17.8 Å². The standard InChI is InChI=1S/C11H16N4O2/c1-7-9(6-16)11(14(2)13-7)15-4-3-8(5-15)10(12)17/h6,8H,3-5H2,1-2H3,(H2,12,17). The van der Waals surface area contributed by atoms with Gasteiger partial charge in [0.15, 0.2) is 6.29 Å². The fourth-order valence-electron chi connectivity index (χ4n) is 2.36. The highest BCUT2D eigenvalue weighted by molar-refractivity contribution is 5.85. The molecule has 2 rings (SSSR count). The number of nitrogens with zero attached hydrogens (tertiary/aromatic N) is 3. The van der Waals surface area contributed by atoms with Gasteiger partial charge >= 0.3 is 0 Å². The molecule has 17 heavy (non-hydrogen) atoms. The Morgan fingerprint density at radius 2 is 2.29 bits per heavy atom. The third-order valence-corrected chi connectivity index (χ3v) is 3.25. The number of nitrogens with two attached hydrogens (primary N) is 1. The van der Waals surface area contributed by atoms with E-state index in [1.54, 1.807) is 18.7 Å². The molecule has 0 saturated carbocycles. The third-order valence-electron chi connectivity index (χ3n) is 3.25. The van der Waals surface area contributed by atoms with E-state index in [1.165, 1.54) is 0 Å². The van der Waals surface area contributed by atoms with Crippen LogP contribution in [0.25, 0.3) is 0 Å². The molecule has 2 N–H and O–H groups in total. The fourth-order valence-corrected chi connectivity index (χ4v) is 2.36. The number of amides is 1. The van der Waals surface area contributed by atoms with Gasteiger partial charge in [-0.25, -0.2) is 0 Å². The second-order valence-corrected chi connectivity index (χ2v) is 4.40. The smallest absolute Gasteiger partial charge is 0.222 e. The number of primary amides is 1. The molecule has 0 bridgehead atoms. The highest BCUT2D eigenvalue weighted by Gasteiger charge is 2.30. The van der Waals surface area contributed by atoms with Gasteiger partial charge in [-0.2, -0.15) is 5.10 Å². The van der Waals surface area contributed by atoms with E-state index in [2.05, 4.69) is 5.10 Å². The molecule has 1 aliphatic heterocycles. The van der Waals surface area contributed by atoms with Gasteiger partial charge < -0.3 is 10.6 Å². The summed E-state index contributed by atoms with van der Waals surface area (Å²) in [7, 11) is 1.80. The number of carbonyl (C=O) groups is 2. The molecule has 0 spiro atoms. The first-order chi connectivity index (χ1) is 8.04. The fraction of sp³-hybridized carbons (Fsp3) is 0.545. The Labute approximate surface area is 99.4 Å². The maximum Gasteiger partial charge on any atom is 0.222 e. The lowest BCUT2D eigenvalue weighted by atomic mass is 10.1. The Bertz CT molecular complexity index is 466. The molecule has 1 atom stereocenters. The molecule has 1 fully saturated rings. The molecule has 0 radical (unpaired) electrons. The van der Waals surface area contributed by atoms with Crippen molar-refractivity contribution in [3.8, 4) is 0 Å². The number of anilines is 1. The first-order valence-electron chi connectivity index (χ1n) is 5.57. The average molecular weight is 236 g/mol. The monoisotopic (exact) mass is 236 g/mol. The van der Waals surface area contributed by atoms with Crippen LogP contribution in [0.4, 0.5) is 5.82 Å². The van der Waals surface area contributed by atoms with Crippen LogP contribution in [0.1, 0.15) is 22.5 Å². The molecule has 0 aliphatic carbocycles. The van der Waals surface area contributed by atoms with E-state index >= 15 is 0 Å². The van der Waals surface area contributed by atoms with E-state index in [-0.39, 0.29) is 11.8 Å². The quantitative estimate of drug-likeness (QED) is 0.740. The van der Waals surface area contributed by atoms with Crippen molar-refractivity contribution in [2.45, 2.75) is 13.3 Å². The number of rotatable bonds is 3. The summed E-state index contributed by atoms with van der Waals surface area (Å²) in [6, 6.07) is 0. The zero-order valence-corrected chi connectivity index (χ0v) is 10.0. The maximum atomic E-state index is 11.1. The van der Waals surface area contributed by atoms with Crippen molar-refractivity contribution >= 4 is 18.0 Å². The van der Waals surface area contributed by atoms with Crippen molar-refractivity contribution in [1.82, 2.24) is 9.78 Å². The van der Waals surface area contributed by atoms with Crippen LogP contribution in [0.3, 0.4) is 0 Å². The van der Waals surface area contributed by atoms with E-state index in [9.17, 15) is 9.59 Å². The van der Waals surface area contributed by atoms with Crippen LogP contribution >= 0.6 is 0 Å². The van der Waals surface area contributed by atoms with Gasteiger partial charge in [-0.1, -0.05) is 0 Å². The molecule has 1 aliphatic rings. The van der Waals surface area contributed by atoms with E-state index in [1.807, 2.05) is 4.90 Å². The van der Waals surface area contributed by atoms with Crippen molar-refractivity contribution in [3.05, 3.63) is 11.3 Å². The van der Waals surface area contributed by atoms with Gasteiger partial charge in [0.05, 0.1) is 17.2 Å². The minimum absolute atomic E-state index is 0.135. The summed E-state index contributed by atoms with van der Waals surface area (Å²) in [5.74, 6) is 0.366. The predicted molar refractivity (Wildman–Crippen MR) is 62.8 cm³/mol. The lowest BCUT2D eigenvalue weighted by Crippen LogP contribution is -2.28. The van der Waals surface area contributed by atoms with Crippen LogP contribution in [-0.2, 0) is 11.8 Å². The van der Waals surface area contributed by atoms with Crippen LogP contribution in [0.5, 0.6) is 0 Å². The number of aromatic nitrogens is 2. The number of aryl methyl sites for hydroxylation is 2. The van der Waals surface area contributed by atoms with Gasteiger partial charge in [0.25, 0.3) is 0 Å². The highest BCUT2D eigenvalue weighted by Crippen LogP contribution is 2.27. The van der Waals surface area contributed by atoms with Crippen LogP contribution < -0.4 is 10.6 Å². The molecular weight excluding hydrogens is 220 g/mol. The van der Waals surface area contributed by atoms with Crippen molar-refractivity contribution in [3.63, 3.8) is 0 Å². The van der Waals surface area contributed by atoms with Gasteiger partial charge in [-0.15, -0.1) is 0 Å². The highest BCUT2D eigenvalue weighted by atomic mass is 16.1. The van der Waals surface area contributed by atoms with Crippen molar-refractivity contribution in [1.29, 1.82) is 0 Å². The number of aldehydes is 1. The Balaban J connectivity index is 2.30. The lowest BCUT2D eigenvalue weighted by molar-refractivity contribution is -0.121. The molecule has 92 valence electrons.